The fourth-order valence-electron chi connectivity index (χ4n) is 1.39. The van der Waals surface area contributed by atoms with E-state index >= 15 is 0 Å². The van der Waals surface area contributed by atoms with Gasteiger partial charge in [0.25, 0.3) is 0 Å². The van der Waals surface area contributed by atoms with Gasteiger partial charge in [-0.2, -0.15) is 0 Å². The second-order valence-electron chi connectivity index (χ2n) is 3.94. The molecule has 0 radical (unpaired) electrons. The van der Waals surface area contributed by atoms with Crippen molar-refractivity contribution in [1.29, 1.82) is 0 Å². The molecule has 0 saturated heterocycles. The van der Waals surface area contributed by atoms with Gasteiger partial charge in [-0.25, -0.2) is 4.79 Å². The van der Waals surface area contributed by atoms with Crippen LogP contribution in [0.5, 0.6) is 0 Å². The lowest BCUT2D eigenvalue weighted by atomic mass is 10.1. The fraction of sp³-hybridized carbons (Fsp3) is 0.385. The molecule has 1 N–H and O–H groups in total. The zero-order valence-corrected chi connectivity index (χ0v) is 11.9. The van der Waals surface area contributed by atoms with Crippen molar-refractivity contribution in [3.05, 3.63) is 35.4 Å². The molecule has 0 bridgehead atoms. The molecule has 7 heteroatoms. The molecule has 0 spiro atoms. The Balaban J connectivity index is 2.42. The zero-order valence-electron chi connectivity index (χ0n) is 11.0. The monoisotopic (exact) mass is 300 g/mol. The third kappa shape index (κ3) is 5.94. The summed E-state index contributed by atoms with van der Waals surface area (Å²) in [5, 5.41) is 8.75. The normalized spacial score (nSPS) is 11.8. The molecule has 0 aliphatic heterocycles. The Labute approximate surface area is 119 Å². The number of aromatic carboxylic acids is 1. The molecule has 0 aromatic heterocycles. The van der Waals surface area contributed by atoms with Gasteiger partial charge in [0.05, 0.1) is 12.2 Å². The number of carbonyl (C=O) groups is 2. The SMILES string of the molecule is COCCOC(=O)CS(=O)Cc1ccc(C(=O)O)cc1. The van der Waals surface area contributed by atoms with Crippen molar-refractivity contribution in [3.8, 4) is 0 Å². The Hall–Kier alpha value is -1.73. The number of hydrogen-bond acceptors (Lipinski definition) is 5. The van der Waals surface area contributed by atoms with Crippen LogP contribution in [0.25, 0.3) is 0 Å². The van der Waals surface area contributed by atoms with Crippen LogP contribution in [-0.4, -0.2) is 47.3 Å². The van der Waals surface area contributed by atoms with Crippen molar-refractivity contribution >= 4 is 22.7 Å². The van der Waals surface area contributed by atoms with Crippen LogP contribution >= 0.6 is 0 Å². The van der Waals surface area contributed by atoms with Gasteiger partial charge in [0.1, 0.15) is 12.4 Å². The second kappa shape index (κ2) is 8.44. The van der Waals surface area contributed by atoms with E-state index in [2.05, 4.69) is 0 Å². The largest absolute Gasteiger partial charge is 0.478 e. The van der Waals surface area contributed by atoms with Crippen LogP contribution in [-0.2, 0) is 30.8 Å². The van der Waals surface area contributed by atoms with Gasteiger partial charge in [-0.1, -0.05) is 12.1 Å². The lowest BCUT2D eigenvalue weighted by Gasteiger charge is -2.05. The van der Waals surface area contributed by atoms with Crippen molar-refractivity contribution in [2.45, 2.75) is 5.75 Å². The van der Waals surface area contributed by atoms with E-state index in [0.29, 0.717) is 12.2 Å². The van der Waals surface area contributed by atoms with Crippen molar-refractivity contribution in [2.24, 2.45) is 0 Å². The van der Waals surface area contributed by atoms with Gasteiger partial charge in [-0.15, -0.1) is 0 Å². The molecular weight excluding hydrogens is 284 g/mol. The molecule has 1 aromatic carbocycles. The third-order valence-electron chi connectivity index (χ3n) is 2.36. The fourth-order valence-corrected chi connectivity index (χ4v) is 2.40. The van der Waals surface area contributed by atoms with Gasteiger partial charge in [0.2, 0.25) is 0 Å². The van der Waals surface area contributed by atoms with Gasteiger partial charge in [-0.3, -0.25) is 9.00 Å². The lowest BCUT2D eigenvalue weighted by Crippen LogP contribution is -2.17. The lowest BCUT2D eigenvalue weighted by molar-refractivity contribution is -0.141. The summed E-state index contributed by atoms with van der Waals surface area (Å²) in [7, 11) is 0.106. The van der Waals surface area contributed by atoms with Gasteiger partial charge in [0.15, 0.2) is 0 Å². The molecule has 110 valence electrons. The molecule has 6 nitrogen and oxygen atoms in total. The average molecular weight is 300 g/mol. The topological polar surface area (TPSA) is 89.9 Å². The van der Waals surface area contributed by atoms with Gasteiger partial charge in [0, 0.05) is 23.7 Å². The summed E-state index contributed by atoms with van der Waals surface area (Å²) in [5.41, 5.74) is 0.872. The number of carboxylic acids is 1. The van der Waals surface area contributed by atoms with E-state index in [9.17, 15) is 13.8 Å². The van der Waals surface area contributed by atoms with Crippen molar-refractivity contribution in [2.75, 3.05) is 26.1 Å². The smallest absolute Gasteiger partial charge is 0.335 e. The third-order valence-corrected chi connectivity index (χ3v) is 3.57. The van der Waals surface area contributed by atoms with E-state index in [-0.39, 0.29) is 23.7 Å². The number of carbonyl (C=O) groups excluding carboxylic acids is 1. The van der Waals surface area contributed by atoms with Crippen LogP contribution in [0.2, 0.25) is 0 Å². The van der Waals surface area contributed by atoms with Crippen molar-refractivity contribution in [1.82, 2.24) is 0 Å². The number of benzene rings is 1. The first-order valence-electron chi connectivity index (χ1n) is 5.84. The van der Waals surface area contributed by atoms with Crippen molar-refractivity contribution < 1.29 is 28.4 Å². The van der Waals surface area contributed by atoms with E-state index in [0.717, 1.165) is 0 Å². The number of methoxy groups -OCH3 is 1. The minimum atomic E-state index is -1.39. The van der Waals surface area contributed by atoms with E-state index < -0.39 is 22.7 Å². The first-order chi connectivity index (χ1) is 9.52. The number of hydrogen-bond donors (Lipinski definition) is 1. The molecular formula is C13H16O6S. The van der Waals surface area contributed by atoms with Crippen LogP contribution in [0, 0.1) is 0 Å². The highest BCUT2D eigenvalue weighted by Gasteiger charge is 2.10. The highest BCUT2D eigenvalue weighted by atomic mass is 32.2. The number of rotatable bonds is 8. The number of carboxylic acid groups (broad SMARTS) is 1. The Morgan fingerprint density at radius 2 is 1.85 bits per heavy atom. The Bertz CT molecular complexity index is 482. The van der Waals surface area contributed by atoms with Gasteiger partial charge < -0.3 is 14.6 Å². The predicted molar refractivity (Wildman–Crippen MR) is 72.9 cm³/mol. The summed E-state index contributed by atoms with van der Waals surface area (Å²) in [6.07, 6.45) is 0. The van der Waals surface area contributed by atoms with Gasteiger partial charge in [-0.05, 0) is 17.7 Å². The van der Waals surface area contributed by atoms with E-state index in [1.54, 1.807) is 12.1 Å². The van der Waals surface area contributed by atoms with Crippen molar-refractivity contribution in [3.63, 3.8) is 0 Å². The molecule has 1 aromatic rings. The number of ether oxygens (including phenoxy) is 2. The molecule has 1 rings (SSSR count). The summed E-state index contributed by atoms with van der Waals surface area (Å²) < 4.78 is 21.3. The molecule has 20 heavy (non-hydrogen) atoms. The zero-order chi connectivity index (χ0) is 15.0. The van der Waals surface area contributed by atoms with Crippen LogP contribution in [0.4, 0.5) is 0 Å². The van der Waals surface area contributed by atoms with Crippen LogP contribution < -0.4 is 0 Å². The molecule has 0 fully saturated rings. The number of esters is 1. The average Bonchev–Trinajstić information content (AvgIpc) is 2.39. The highest BCUT2D eigenvalue weighted by Crippen LogP contribution is 2.07. The summed E-state index contributed by atoms with van der Waals surface area (Å²) in [5.74, 6) is -1.56. The molecule has 0 aliphatic carbocycles. The molecule has 0 aliphatic rings. The van der Waals surface area contributed by atoms with E-state index in [1.807, 2.05) is 0 Å². The maximum atomic E-state index is 11.7. The highest BCUT2D eigenvalue weighted by molar-refractivity contribution is 7.84. The standard InChI is InChI=1S/C13H16O6S/c1-18-6-7-19-12(14)9-20(17)8-10-2-4-11(5-3-10)13(15)16/h2-5H,6-9H2,1H3,(H,15,16). The summed E-state index contributed by atoms with van der Waals surface area (Å²) in [6.45, 7) is 0.439. The molecule has 1 unspecified atom stereocenters. The van der Waals surface area contributed by atoms with Crippen LogP contribution in [0.3, 0.4) is 0 Å². The second-order valence-corrected chi connectivity index (χ2v) is 5.40. The summed E-state index contributed by atoms with van der Waals surface area (Å²) >= 11 is 0. The first kappa shape index (κ1) is 16.3. The Kier molecular flexibility index (Phi) is 6.89. The Morgan fingerprint density at radius 1 is 1.20 bits per heavy atom. The summed E-state index contributed by atoms with van der Waals surface area (Å²) in [4.78, 5) is 22.0. The maximum Gasteiger partial charge on any atom is 0.335 e. The first-order valence-corrected chi connectivity index (χ1v) is 7.33. The van der Waals surface area contributed by atoms with Crippen LogP contribution in [0.1, 0.15) is 15.9 Å². The molecule has 1 atom stereocenters. The van der Waals surface area contributed by atoms with Crippen LogP contribution in [0.15, 0.2) is 24.3 Å². The predicted octanol–water partition coefficient (Wildman–Crippen LogP) is 0.823. The van der Waals surface area contributed by atoms with E-state index in [1.165, 1.54) is 19.2 Å². The Morgan fingerprint density at radius 3 is 2.40 bits per heavy atom. The summed E-state index contributed by atoms with van der Waals surface area (Å²) in [6, 6.07) is 6.03. The quantitative estimate of drug-likeness (QED) is 0.565. The minimum Gasteiger partial charge on any atom is -0.478 e. The maximum absolute atomic E-state index is 11.7. The van der Waals surface area contributed by atoms with Gasteiger partial charge >= 0.3 is 11.9 Å². The molecule has 0 amide bonds. The molecule has 0 heterocycles. The minimum absolute atomic E-state index is 0.139. The molecule has 0 saturated carbocycles. The van der Waals surface area contributed by atoms with E-state index in [4.69, 9.17) is 14.6 Å².